The van der Waals surface area contributed by atoms with Crippen molar-refractivity contribution in [2.45, 2.75) is 51.1 Å². The molecule has 0 amide bonds. The molecule has 1 saturated heterocycles. The van der Waals surface area contributed by atoms with Gasteiger partial charge < -0.3 is 5.32 Å². The molecule has 2 aliphatic rings. The summed E-state index contributed by atoms with van der Waals surface area (Å²) in [5.74, 6) is 1.01. The van der Waals surface area contributed by atoms with Crippen molar-refractivity contribution >= 4 is 0 Å². The number of piperidine rings is 1. The fraction of sp³-hybridized carbons (Fsp3) is 1.00. The molecule has 0 radical (unpaired) electrons. The Morgan fingerprint density at radius 2 is 2.00 bits per heavy atom. The minimum absolute atomic E-state index is 0.742. The fourth-order valence-electron chi connectivity index (χ4n) is 2.83. The van der Waals surface area contributed by atoms with Gasteiger partial charge in [-0.2, -0.15) is 0 Å². The molecule has 2 nitrogen and oxygen atoms in total. The maximum atomic E-state index is 3.42. The second kappa shape index (κ2) is 4.63. The molecule has 14 heavy (non-hydrogen) atoms. The first-order valence-corrected chi connectivity index (χ1v) is 6.22. The van der Waals surface area contributed by atoms with Crippen LogP contribution in [-0.2, 0) is 0 Å². The second-order valence-electron chi connectivity index (χ2n) is 5.05. The molecule has 0 aromatic carbocycles. The van der Waals surface area contributed by atoms with Gasteiger partial charge >= 0.3 is 0 Å². The summed E-state index contributed by atoms with van der Waals surface area (Å²) in [5.41, 5.74) is 0. The third-order valence-electron chi connectivity index (χ3n) is 4.27. The Kier molecular flexibility index (Phi) is 3.45. The summed E-state index contributed by atoms with van der Waals surface area (Å²) >= 11 is 0. The zero-order chi connectivity index (χ0) is 9.97. The van der Waals surface area contributed by atoms with E-state index < -0.39 is 0 Å². The third-order valence-corrected chi connectivity index (χ3v) is 4.27. The number of hydrogen-bond donors (Lipinski definition) is 1. The fourth-order valence-corrected chi connectivity index (χ4v) is 2.83. The quantitative estimate of drug-likeness (QED) is 0.741. The Morgan fingerprint density at radius 3 is 2.57 bits per heavy atom. The van der Waals surface area contributed by atoms with Crippen LogP contribution in [0.2, 0.25) is 0 Å². The highest BCUT2D eigenvalue weighted by Gasteiger charge is 2.30. The minimum atomic E-state index is 0.742. The Bertz CT molecular complexity index is 177. The monoisotopic (exact) mass is 196 g/mol. The van der Waals surface area contributed by atoms with Gasteiger partial charge in [-0.05, 0) is 52.1 Å². The average molecular weight is 196 g/mol. The molecule has 2 atom stereocenters. The summed E-state index contributed by atoms with van der Waals surface area (Å²) in [6.07, 6.45) is 7.16. The normalized spacial score (nSPS) is 32.6. The lowest BCUT2D eigenvalue weighted by atomic mass is 9.79. The highest BCUT2D eigenvalue weighted by atomic mass is 15.2. The van der Waals surface area contributed by atoms with E-state index in [0.717, 1.165) is 18.0 Å². The van der Waals surface area contributed by atoms with Gasteiger partial charge in [0.15, 0.2) is 0 Å². The van der Waals surface area contributed by atoms with Gasteiger partial charge in [0, 0.05) is 18.6 Å². The topological polar surface area (TPSA) is 15.3 Å². The van der Waals surface area contributed by atoms with Gasteiger partial charge in [0.25, 0.3) is 0 Å². The van der Waals surface area contributed by atoms with E-state index in [9.17, 15) is 0 Å². The van der Waals surface area contributed by atoms with Crippen molar-refractivity contribution < 1.29 is 0 Å². The number of hydrogen-bond acceptors (Lipinski definition) is 2. The van der Waals surface area contributed by atoms with Crippen LogP contribution in [-0.4, -0.2) is 37.1 Å². The molecule has 1 heterocycles. The van der Waals surface area contributed by atoms with Crippen LogP contribution in [0.3, 0.4) is 0 Å². The van der Waals surface area contributed by atoms with Crippen molar-refractivity contribution in [2.24, 2.45) is 5.92 Å². The number of nitrogens with zero attached hydrogens (tertiary/aromatic N) is 1. The van der Waals surface area contributed by atoms with E-state index in [2.05, 4.69) is 24.2 Å². The van der Waals surface area contributed by atoms with Crippen LogP contribution >= 0.6 is 0 Å². The van der Waals surface area contributed by atoms with E-state index in [1.165, 1.54) is 45.2 Å². The first-order valence-electron chi connectivity index (χ1n) is 6.22. The predicted molar refractivity (Wildman–Crippen MR) is 60.5 cm³/mol. The Morgan fingerprint density at radius 1 is 1.21 bits per heavy atom. The molecule has 1 aliphatic heterocycles. The molecule has 2 rings (SSSR count). The first kappa shape index (κ1) is 10.4. The molecule has 1 N–H and O–H groups in total. The van der Waals surface area contributed by atoms with Crippen molar-refractivity contribution in [3.05, 3.63) is 0 Å². The highest BCUT2D eigenvalue weighted by Crippen LogP contribution is 2.32. The summed E-state index contributed by atoms with van der Waals surface area (Å²) < 4.78 is 0. The van der Waals surface area contributed by atoms with Gasteiger partial charge in [0.1, 0.15) is 0 Å². The Hall–Kier alpha value is -0.0800. The van der Waals surface area contributed by atoms with Crippen molar-refractivity contribution in [2.75, 3.05) is 20.1 Å². The second-order valence-corrected chi connectivity index (χ2v) is 5.05. The summed E-state index contributed by atoms with van der Waals surface area (Å²) in [7, 11) is 2.10. The lowest BCUT2D eigenvalue weighted by Crippen LogP contribution is -2.50. The number of nitrogens with one attached hydrogen (secondary N) is 1. The van der Waals surface area contributed by atoms with Crippen LogP contribution in [0, 0.1) is 5.92 Å². The maximum absolute atomic E-state index is 3.42. The molecule has 0 spiro atoms. The molecule has 1 aliphatic carbocycles. The van der Waals surface area contributed by atoms with Gasteiger partial charge in [-0.15, -0.1) is 0 Å². The van der Waals surface area contributed by atoms with Gasteiger partial charge in [-0.3, -0.25) is 4.90 Å². The Labute approximate surface area is 88.1 Å². The zero-order valence-electron chi connectivity index (χ0n) is 9.63. The number of likely N-dealkylation sites (N-methyl/N-ethyl adjacent to an activating group) is 1. The van der Waals surface area contributed by atoms with Crippen LogP contribution in [0.4, 0.5) is 0 Å². The molecule has 2 fully saturated rings. The minimum Gasteiger partial charge on any atom is -0.316 e. The molecule has 0 aromatic heterocycles. The van der Waals surface area contributed by atoms with Crippen LogP contribution < -0.4 is 5.32 Å². The van der Waals surface area contributed by atoms with E-state index in [1.807, 2.05) is 0 Å². The number of rotatable bonds is 3. The van der Waals surface area contributed by atoms with Crippen molar-refractivity contribution in [3.8, 4) is 0 Å². The van der Waals surface area contributed by atoms with E-state index in [-0.39, 0.29) is 0 Å². The van der Waals surface area contributed by atoms with E-state index in [4.69, 9.17) is 0 Å². The highest BCUT2D eigenvalue weighted by molar-refractivity contribution is 4.86. The standard InChI is InChI=1S/C12H24N2/c1-10(11-5-3-6-11)14-8-4-7-12(9-14)13-2/h10-13H,3-9H2,1-2H3. The van der Waals surface area contributed by atoms with Crippen LogP contribution in [0.5, 0.6) is 0 Å². The molecule has 2 unspecified atom stereocenters. The lowest BCUT2D eigenvalue weighted by Gasteiger charge is -2.43. The van der Waals surface area contributed by atoms with Crippen LogP contribution in [0.25, 0.3) is 0 Å². The van der Waals surface area contributed by atoms with Crippen molar-refractivity contribution in [1.29, 1.82) is 0 Å². The summed E-state index contributed by atoms with van der Waals surface area (Å²) in [6.45, 7) is 5.03. The molecular weight excluding hydrogens is 172 g/mol. The molecule has 82 valence electrons. The first-order chi connectivity index (χ1) is 6.81. The largest absolute Gasteiger partial charge is 0.316 e. The van der Waals surface area contributed by atoms with Gasteiger partial charge in [-0.1, -0.05) is 6.42 Å². The molecule has 1 saturated carbocycles. The number of likely N-dealkylation sites (tertiary alicyclic amines) is 1. The SMILES string of the molecule is CNC1CCCN(C(C)C2CCC2)C1. The smallest absolute Gasteiger partial charge is 0.0192 e. The molecule has 0 bridgehead atoms. The average Bonchev–Trinajstić information content (AvgIpc) is 2.15. The summed E-state index contributed by atoms with van der Waals surface area (Å²) in [5, 5.41) is 3.42. The maximum Gasteiger partial charge on any atom is 0.0192 e. The van der Waals surface area contributed by atoms with Gasteiger partial charge in [0.05, 0.1) is 0 Å². The predicted octanol–water partition coefficient (Wildman–Crippen LogP) is 1.86. The third kappa shape index (κ3) is 2.12. The van der Waals surface area contributed by atoms with Crippen molar-refractivity contribution in [3.63, 3.8) is 0 Å². The lowest BCUT2D eigenvalue weighted by molar-refractivity contribution is 0.0777. The van der Waals surface area contributed by atoms with E-state index in [0.29, 0.717) is 0 Å². The molecule has 0 aromatic rings. The van der Waals surface area contributed by atoms with Crippen LogP contribution in [0.1, 0.15) is 39.0 Å². The van der Waals surface area contributed by atoms with Crippen molar-refractivity contribution in [1.82, 2.24) is 10.2 Å². The zero-order valence-corrected chi connectivity index (χ0v) is 9.63. The summed E-state index contributed by atoms with van der Waals surface area (Å²) in [6, 6.07) is 1.58. The Balaban J connectivity index is 1.83. The van der Waals surface area contributed by atoms with Gasteiger partial charge in [0.2, 0.25) is 0 Å². The van der Waals surface area contributed by atoms with E-state index in [1.54, 1.807) is 0 Å². The van der Waals surface area contributed by atoms with Gasteiger partial charge in [-0.25, -0.2) is 0 Å². The molecule has 2 heteroatoms. The van der Waals surface area contributed by atoms with E-state index >= 15 is 0 Å². The summed E-state index contributed by atoms with van der Waals surface area (Å²) in [4.78, 5) is 2.70. The van der Waals surface area contributed by atoms with Crippen LogP contribution in [0.15, 0.2) is 0 Å². The molecular formula is C12H24N2.